The lowest BCUT2D eigenvalue weighted by Crippen LogP contribution is -2.11. The number of esters is 2. The average Bonchev–Trinajstić information content (AvgIpc) is 2.34. The summed E-state index contributed by atoms with van der Waals surface area (Å²) in [5.41, 5.74) is 8.05. The summed E-state index contributed by atoms with van der Waals surface area (Å²) in [4.78, 5) is 25.1. The van der Waals surface area contributed by atoms with Gasteiger partial charge in [0.1, 0.15) is 0 Å². The van der Waals surface area contributed by atoms with Gasteiger partial charge in [-0.05, 0) is 24.8 Å². The molecule has 0 aliphatic carbocycles. The van der Waals surface area contributed by atoms with Gasteiger partial charge in [0.15, 0.2) is 0 Å². The van der Waals surface area contributed by atoms with Gasteiger partial charge < -0.3 is 4.74 Å². The highest BCUT2D eigenvalue weighted by molar-refractivity contribution is 5.85. The molecule has 0 N–H and O–H groups in total. The van der Waals surface area contributed by atoms with Gasteiger partial charge in [-0.1, -0.05) is 31.3 Å². The third-order valence-corrected chi connectivity index (χ3v) is 2.41. The Hall–Kier alpha value is -1.55. The largest absolute Gasteiger partial charge is 0.393 e. The second kappa shape index (κ2) is 11.9. The molecule has 0 heterocycles. The van der Waals surface area contributed by atoms with E-state index in [9.17, 15) is 9.59 Å². The normalized spacial score (nSPS) is 9.61. The molecule has 0 unspecified atom stereocenters. The molecule has 0 atom stereocenters. The number of carbonyl (C=O) groups excluding carboxylic acids is 2. The zero-order valence-corrected chi connectivity index (χ0v) is 10.9. The van der Waals surface area contributed by atoms with Gasteiger partial charge in [0.05, 0.1) is 0 Å². The fraction of sp³-hybridized carbons (Fsp3) is 0.833. The van der Waals surface area contributed by atoms with Crippen LogP contribution in [0.15, 0.2) is 5.11 Å². The maximum atomic E-state index is 11.3. The van der Waals surface area contributed by atoms with Gasteiger partial charge in [-0.15, -0.1) is 0 Å². The van der Waals surface area contributed by atoms with E-state index in [1.165, 1.54) is 0 Å². The number of azide groups is 1. The summed E-state index contributed by atoms with van der Waals surface area (Å²) in [7, 11) is 0. The molecular weight excluding hydrogens is 234 g/mol. The fourth-order valence-corrected chi connectivity index (χ4v) is 1.42. The van der Waals surface area contributed by atoms with E-state index in [0.29, 0.717) is 19.4 Å². The molecule has 0 amide bonds. The highest BCUT2D eigenvalue weighted by Gasteiger charge is 2.09. The van der Waals surface area contributed by atoms with E-state index >= 15 is 0 Å². The molecule has 0 fully saturated rings. The molecule has 0 rings (SSSR count). The maximum Gasteiger partial charge on any atom is 0.313 e. The number of nitrogens with zero attached hydrogens (tertiary/aromatic N) is 3. The lowest BCUT2D eigenvalue weighted by atomic mass is 10.2. The number of rotatable bonds is 10. The topological polar surface area (TPSA) is 92.1 Å². The molecule has 0 aliphatic heterocycles. The van der Waals surface area contributed by atoms with Crippen molar-refractivity contribution in [3.63, 3.8) is 0 Å². The lowest BCUT2D eigenvalue weighted by Gasteiger charge is -2.02. The number of ether oxygens (including phenoxy) is 1. The second-order valence-electron chi connectivity index (χ2n) is 4.07. The third kappa shape index (κ3) is 11.0. The summed E-state index contributed by atoms with van der Waals surface area (Å²) in [6.07, 6.45) is 5.54. The van der Waals surface area contributed by atoms with Crippen LogP contribution in [0.1, 0.15) is 58.3 Å². The fourth-order valence-electron chi connectivity index (χ4n) is 1.42. The Morgan fingerprint density at radius 3 is 2.22 bits per heavy atom. The maximum absolute atomic E-state index is 11.3. The van der Waals surface area contributed by atoms with Crippen LogP contribution in [-0.2, 0) is 14.3 Å². The number of hydrogen-bond donors (Lipinski definition) is 0. The van der Waals surface area contributed by atoms with Crippen LogP contribution in [0.2, 0.25) is 0 Å². The number of carbonyl (C=O) groups is 2. The molecule has 0 aromatic rings. The van der Waals surface area contributed by atoms with Crippen LogP contribution in [0.25, 0.3) is 10.4 Å². The molecule has 0 aromatic carbocycles. The summed E-state index contributed by atoms with van der Waals surface area (Å²) < 4.78 is 4.66. The van der Waals surface area contributed by atoms with Crippen molar-refractivity contribution < 1.29 is 14.3 Å². The Morgan fingerprint density at radius 2 is 1.67 bits per heavy atom. The molecule has 0 saturated carbocycles. The molecule has 0 aliphatic rings. The minimum atomic E-state index is -0.458. The Morgan fingerprint density at radius 1 is 1.06 bits per heavy atom. The smallest absolute Gasteiger partial charge is 0.313 e. The Bertz CT molecular complexity index is 299. The predicted octanol–water partition coefficient (Wildman–Crippen LogP) is 3.51. The molecule has 0 aromatic heterocycles. The van der Waals surface area contributed by atoms with E-state index in [-0.39, 0.29) is 6.42 Å². The molecule has 0 saturated heterocycles. The van der Waals surface area contributed by atoms with E-state index in [1.807, 2.05) is 6.92 Å². The van der Waals surface area contributed by atoms with E-state index < -0.39 is 11.9 Å². The van der Waals surface area contributed by atoms with Crippen LogP contribution in [0.4, 0.5) is 0 Å². The zero-order chi connectivity index (χ0) is 13.6. The minimum absolute atomic E-state index is 0.246. The van der Waals surface area contributed by atoms with Crippen molar-refractivity contribution in [3.8, 4) is 0 Å². The Balaban J connectivity index is 3.46. The van der Waals surface area contributed by atoms with Gasteiger partial charge in [0.25, 0.3) is 0 Å². The lowest BCUT2D eigenvalue weighted by molar-refractivity contribution is -0.159. The van der Waals surface area contributed by atoms with Crippen molar-refractivity contribution in [2.45, 2.75) is 58.3 Å². The summed E-state index contributed by atoms with van der Waals surface area (Å²) >= 11 is 0. The molecule has 0 spiro atoms. The quantitative estimate of drug-likeness (QED) is 0.149. The monoisotopic (exact) mass is 255 g/mol. The van der Waals surface area contributed by atoms with Crippen molar-refractivity contribution >= 4 is 11.9 Å². The third-order valence-electron chi connectivity index (χ3n) is 2.41. The summed E-state index contributed by atoms with van der Waals surface area (Å²) in [6, 6.07) is 0. The van der Waals surface area contributed by atoms with Gasteiger partial charge >= 0.3 is 11.9 Å². The minimum Gasteiger partial charge on any atom is -0.393 e. The van der Waals surface area contributed by atoms with E-state index in [1.54, 1.807) is 0 Å². The first kappa shape index (κ1) is 16.4. The molecule has 6 heteroatoms. The van der Waals surface area contributed by atoms with Gasteiger partial charge in [-0.2, -0.15) is 0 Å². The van der Waals surface area contributed by atoms with Crippen molar-refractivity contribution in [2.24, 2.45) is 5.11 Å². The molecule has 0 bridgehead atoms. The van der Waals surface area contributed by atoms with Crippen LogP contribution in [0.5, 0.6) is 0 Å². The van der Waals surface area contributed by atoms with Crippen LogP contribution < -0.4 is 0 Å². The van der Waals surface area contributed by atoms with Crippen molar-refractivity contribution in [3.05, 3.63) is 10.4 Å². The van der Waals surface area contributed by atoms with Gasteiger partial charge in [-0.25, -0.2) is 0 Å². The average molecular weight is 255 g/mol. The summed E-state index contributed by atoms with van der Waals surface area (Å²) in [5, 5.41) is 3.39. The molecule has 6 nitrogen and oxygen atoms in total. The number of unbranched alkanes of at least 4 members (excludes halogenated alkanes) is 4. The molecule has 0 radical (unpaired) electrons. The van der Waals surface area contributed by atoms with Crippen molar-refractivity contribution in [1.82, 2.24) is 0 Å². The van der Waals surface area contributed by atoms with E-state index in [2.05, 4.69) is 14.8 Å². The molecule has 18 heavy (non-hydrogen) atoms. The standard InChI is InChI=1S/C12H21N3O3/c1-2-3-5-8-11(16)18-12(17)9-6-4-7-10-14-15-13/h2-10H2,1H3. The van der Waals surface area contributed by atoms with Crippen LogP contribution >= 0.6 is 0 Å². The van der Waals surface area contributed by atoms with Crippen molar-refractivity contribution in [2.75, 3.05) is 6.54 Å². The van der Waals surface area contributed by atoms with E-state index in [0.717, 1.165) is 32.1 Å². The van der Waals surface area contributed by atoms with Gasteiger partial charge in [0.2, 0.25) is 0 Å². The Labute approximate surface area is 107 Å². The SMILES string of the molecule is CCCCCC(=O)OC(=O)CCCCCN=[N+]=[N-]. The zero-order valence-electron chi connectivity index (χ0n) is 10.9. The second-order valence-corrected chi connectivity index (χ2v) is 4.07. The summed E-state index contributed by atoms with van der Waals surface area (Å²) in [5.74, 6) is -0.886. The van der Waals surface area contributed by atoms with E-state index in [4.69, 9.17) is 5.53 Å². The van der Waals surface area contributed by atoms with Crippen LogP contribution in [0.3, 0.4) is 0 Å². The molecular formula is C12H21N3O3. The first-order valence-electron chi connectivity index (χ1n) is 6.45. The van der Waals surface area contributed by atoms with Crippen molar-refractivity contribution in [1.29, 1.82) is 0 Å². The highest BCUT2D eigenvalue weighted by Crippen LogP contribution is 2.04. The first-order valence-corrected chi connectivity index (χ1v) is 6.45. The highest BCUT2D eigenvalue weighted by atomic mass is 16.6. The first-order chi connectivity index (χ1) is 8.70. The van der Waals surface area contributed by atoms with Gasteiger partial charge in [0, 0.05) is 24.3 Å². The molecule has 102 valence electrons. The van der Waals surface area contributed by atoms with Gasteiger partial charge in [-0.3, -0.25) is 9.59 Å². The predicted molar refractivity (Wildman–Crippen MR) is 67.7 cm³/mol. The number of hydrogen-bond acceptors (Lipinski definition) is 4. The van der Waals surface area contributed by atoms with Crippen LogP contribution in [0, 0.1) is 0 Å². The Kier molecular flexibility index (Phi) is 10.9. The van der Waals surface area contributed by atoms with Crippen LogP contribution in [-0.4, -0.2) is 18.5 Å². The summed E-state index contributed by atoms with van der Waals surface area (Å²) in [6.45, 7) is 2.49.